The van der Waals surface area contributed by atoms with Gasteiger partial charge in [-0.05, 0) is 61.9 Å². The van der Waals surface area contributed by atoms with Crippen molar-refractivity contribution < 1.29 is 4.74 Å². The van der Waals surface area contributed by atoms with Crippen LogP contribution in [-0.2, 0) is 0 Å². The monoisotopic (exact) mass is 406 g/mol. The third-order valence-electron chi connectivity index (χ3n) is 4.37. The van der Waals surface area contributed by atoms with Crippen LogP contribution in [0, 0.1) is 0 Å². The second-order valence-corrected chi connectivity index (χ2v) is 8.23. The average Bonchev–Trinajstić information content (AvgIpc) is 3.22. The minimum absolute atomic E-state index is 0.119. The van der Waals surface area contributed by atoms with E-state index in [-0.39, 0.29) is 11.7 Å². The zero-order valence-corrected chi connectivity index (χ0v) is 17.6. The molecule has 2 aromatic carbocycles. The molecule has 0 saturated carbocycles. The molecule has 4 rings (SSSR count). The normalized spacial score (nSPS) is 12.1. The van der Waals surface area contributed by atoms with Crippen LogP contribution in [0.15, 0.2) is 53.3 Å². The highest BCUT2D eigenvalue weighted by atomic mass is 32.1. The van der Waals surface area contributed by atoms with Gasteiger partial charge in [0.25, 0.3) is 5.56 Å². The maximum Gasteiger partial charge on any atom is 0.291 e. The number of fused-ring (bicyclic) bond motifs is 1. The molecule has 0 fully saturated rings. The quantitative estimate of drug-likeness (QED) is 0.509. The molecule has 6 nitrogen and oxygen atoms in total. The van der Waals surface area contributed by atoms with Crippen molar-refractivity contribution in [1.82, 2.24) is 14.6 Å². The predicted molar refractivity (Wildman–Crippen MR) is 118 cm³/mol. The van der Waals surface area contributed by atoms with Gasteiger partial charge in [0.1, 0.15) is 5.75 Å². The number of anilines is 1. The van der Waals surface area contributed by atoms with E-state index in [4.69, 9.17) is 4.74 Å². The number of hydrogen-bond acceptors (Lipinski definition) is 6. The lowest BCUT2D eigenvalue weighted by Gasteiger charge is -2.11. The molecule has 0 unspecified atom stereocenters. The first-order valence-corrected chi connectivity index (χ1v) is 10.2. The summed E-state index contributed by atoms with van der Waals surface area (Å²) in [6, 6.07) is 15.6. The van der Waals surface area contributed by atoms with Crippen LogP contribution in [0.1, 0.15) is 19.4 Å². The van der Waals surface area contributed by atoms with Gasteiger partial charge in [0.2, 0.25) is 4.96 Å². The molecule has 0 aliphatic rings. The van der Waals surface area contributed by atoms with Gasteiger partial charge in [-0.2, -0.15) is 9.50 Å². The molecule has 148 valence electrons. The molecule has 4 aromatic rings. The van der Waals surface area contributed by atoms with E-state index >= 15 is 0 Å². The predicted octanol–water partition coefficient (Wildman–Crippen LogP) is 3.22. The van der Waals surface area contributed by atoms with Crippen LogP contribution in [-0.4, -0.2) is 34.8 Å². The number of benzene rings is 2. The number of aromatic nitrogens is 3. The van der Waals surface area contributed by atoms with E-state index in [9.17, 15) is 4.79 Å². The molecule has 2 heterocycles. The smallest absolute Gasteiger partial charge is 0.291 e. The van der Waals surface area contributed by atoms with E-state index in [0.717, 1.165) is 22.6 Å². The van der Waals surface area contributed by atoms with Crippen molar-refractivity contribution in [1.29, 1.82) is 0 Å². The Morgan fingerprint density at radius 2 is 1.76 bits per heavy atom. The maximum atomic E-state index is 12.7. The zero-order valence-electron chi connectivity index (χ0n) is 16.8. The zero-order chi connectivity index (χ0) is 20.5. The van der Waals surface area contributed by atoms with Gasteiger partial charge < -0.3 is 9.64 Å². The molecular weight excluding hydrogens is 384 g/mol. The van der Waals surface area contributed by atoms with Gasteiger partial charge in [-0.3, -0.25) is 4.79 Å². The van der Waals surface area contributed by atoms with Crippen LogP contribution in [0.25, 0.3) is 22.4 Å². The maximum absolute atomic E-state index is 12.7. The molecule has 29 heavy (non-hydrogen) atoms. The Morgan fingerprint density at radius 3 is 2.34 bits per heavy atom. The standard InChI is InChI=1S/C22H22N4O2S/c1-14(2)28-18-11-7-16(8-12-18)20-23-22-26(24-20)21(27)19(29-22)13-15-5-9-17(10-6-15)25(3)4/h5-14H,1-4H3/b19-13-. The van der Waals surface area contributed by atoms with Crippen LogP contribution in [0.4, 0.5) is 5.69 Å². The Kier molecular flexibility index (Phi) is 5.07. The van der Waals surface area contributed by atoms with Gasteiger partial charge >= 0.3 is 0 Å². The van der Waals surface area contributed by atoms with E-state index in [2.05, 4.69) is 10.1 Å². The van der Waals surface area contributed by atoms with Gasteiger partial charge in [0, 0.05) is 25.3 Å². The van der Waals surface area contributed by atoms with Crippen molar-refractivity contribution in [3.8, 4) is 17.1 Å². The van der Waals surface area contributed by atoms with Crippen LogP contribution in [0.5, 0.6) is 5.75 Å². The SMILES string of the molecule is CC(C)Oc1ccc(-c2nc3s/c(=C\c4ccc(N(C)C)cc4)c(=O)n3n2)cc1. The van der Waals surface area contributed by atoms with Crippen molar-refractivity contribution in [3.63, 3.8) is 0 Å². The van der Waals surface area contributed by atoms with Crippen molar-refractivity contribution in [3.05, 3.63) is 69.0 Å². The minimum atomic E-state index is -0.153. The summed E-state index contributed by atoms with van der Waals surface area (Å²) in [7, 11) is 3.99. The van der Waals surface area contributed by atoms with Gasteiger partial charge in [-0.15, -0.1) is 5.10 Å². The lowest BCUT2D eigenvalue weighted by atomic mass is 10.2. The molecule has 0 radical (unpaired) electrons. The highest BCUT2D eigenvalue weighted by Gasteiger charge is 2.12. The summed E-state index contributed by atoms with van der Waals surface area (Å²) in [4.78, 5) is 19.9. The Bertz CT molecular complexity index is 1240. The Balaban J connectivity index is 1.64. The topological polar surface area (TPSA) is 59.7 Å². The van der Waals surface area contributed by atoms with Gasteiger partial charge in [0.15, 0.2) is 5.82 Å². The summed E-state index contributed by atoms with van der Waals surface area (Å²) in [6.07, 6.45) is 1.99. The Hall–Kier alpha value is -3.19. The molecule has 0 aliphatic heterocycles. The molecule has 0 N–H and O–H groups in total. The summed E-state index contributed by atoms with van der Waals surface area (Å²) in [5, 5.41) is 4.41. The molecule has 0 bridgehead atoms. The molecular formula is C22H22N4O2S. The summed E-state index contributed by atoms with van der Waals surface area (Å²) in [5.74, 6) is 1.33. The van der Waals surface area contributed by atoms with Crippen molar-refractivity contribution >= 4 is 28.1 Å². The highest BCUT2D eigenvalue weighted by molar-refractivity contribution is 7.15. The van der Waals surface area contributed by atoms with E-state index in [1.165, 1.54) is 15.9 Å². The van der Waals surface area contributed by atoms with E-state index in [1.54, 1.807) is 0 Å². The second-order valence-electron chi connectivity index (χ2n) is 7.22. The molecule has 2 aromatic heterocycles. The first-order valence-electron chi connectivity index (χ1n) is 9.36. The highest BCUT2D eigenvalue weighted by Crippen LogP contribution is 2.21. The van der Waals surface area contributed by atoms with Crippen LogP contribution >= 0.6 is 11.3 Å². The third-order valence-corrected chi connectivity index (χ3v) is 5.33. The number of ether oxygens (including phenoxy) is 1. The number of nitrogens with zero attached hydrogens (tertiary/aromatic N) is 4. The van der Waals surface area contributed by atoms with E-state index in [1.807, 2.05) is 87.4 Å². The van der Waals surface area contributed by atoms with Crippen molar-refractivity contribution in [2.75, 3.05) is 19.0 Å². The molecule has 0 saturated heterocycles. The third kappa shape index (κ3) is 4.00. The summed E-state index contributed by atoms with van der Waals surface area (Å²) in [6.45, 7) is 3.97. The molecule has 0 aliphatic carbocycles. The fourth-order valence-corrected chi connectivity index (χ4v) is 3.84. The van der Waals surface area contributed by atoms with Crippen LogP contribution in [0.2, 0.25) is 0 Å². The summed E-state index contributed by atoms with van der Waals surface area (Å²) in [5.41, 5.74) is 2.78. The van der Waals surface area contributed by atoms with Gasteiger partial charge in [0.05, 0.1) is 10.6 Å². The number of hydrogen-bond donors (Lipinski definition) is 0. The van der Waals surface area contributed by atoms with E-state index < -0.39 is 0 Å². The first kappa shape index (κ1) is 19.1. The molecule has 0 amide bonds. The lowest BCUT2D eigenvalue weighted by molar-refractivity contribution is 0.242. The lowest BCUT2D eigenvalue weighted by Crippen LogP contribution is -2.23. The average molecular weight is 407 g/mol. The Labute approximate surface area is 172 Å². The fourth-order valence-electron chi connectivity index (χ4n) is 2.93. The first-order chi connectivity index (χ1) is 13.9. The largest absolute Gasteiger partial charge is 0.491 e. The van der Waals surface area contributed by atoms with Crippen molar-refractivity contribution in [2.24, 2.45) is 0 Å². The molecule has 0 atom stereocenters. The van der Waals surface area contributed by atoms with Crippen LogP contribution < -0.4 is 19.7 Å². The molecule has 0 spiro atoms. The number of thiazole rings is 1. The van der Waals surface area contributed by atoms with Gasteiger partial charge in [-0.25, -0.2) is 0 Å². The van der Waals surface area contributed by atoms with Crippen LogP contribution in [0.3, 0.4) is 0 Å². The summed E-state index contributed by atoms with van der Waals surface area (Å²) >= 11 is 1.34. The van der Waals surface area contributed by atoms with Gasteiger partial charge in [-0.1, -0.05) is 23.5 Å². The summed E-state index contributed by atoms with van der Waals surface area (Å²) < 4.78 is 7.65. The van der Waals surface area contributed by atoms with Crippen molar-refractivity contribution in [2.45, 2.75) is 20.0 Å². The molecule has 7 heteroatoms. The minimum Gasteiger partial charge on any atom is -0.491 e. The van der Waals surface area contributed by atoms with E-state index in [0.29, 0.717) is 15.3 Å². The second kappa shape index (κ2) is 7.67. The fraction of sp³-hybridized carbons (Fsp3) is 0.227. The Morgan fingerprint density at radius 1 is 1.07 bits per heavy atom. The number of rotatable bonds is 5.